The van der Waals surface area contributed by atoms with E-state index in [1.807, 2.05) is 54.9 Å². The number of nitrogens with one attached hydrogen (secondary N) is 2. The number of carbonyl (C=O) groups is 1. The van der Waals surface area contributed by atoms with E-state index >= 15 is 0 Å². The van der Waals surface area contributed by atoms with Gasteiger partial charge in [-0.05, 0) is 60.4 Å². The van der Waals surface area contributed by atoms with Crippen molar-refractivity contribution in [2.24, 2.45) is 0 Å². The second-order valence-corrected chi connectivity index (χ2v) is 6.55. The van der Waals surface area contributed by atoms with Crippen LogP contribution in [-0.4, -0.2) is 30.3 Å². The van der Waals surface area contributed by atoms with E-state index in [9.17, 15) is 9.90 Å². The van der Waals surface area contributed by atoms with Crippen LogP contribution in [0.3, 0.4) is 0 Å². The third kappa shape index (κ3) is 6.22. The number of ether oxygens (including phenoxy) is 1. The molecule has 1 aromatic heterocycles. The van der Waals surface area contributed by atoms with Crippen molar-refractivity contribution in [1.29, 1.82) is 0 Å². The maximum absolute atomic E-state index is 11.7. The summed E-state index contributed by atoms with van der Waals surface area (Å²) < 4.78 is 5.59. The highest BCUT2D eigenvalue weighted by molar-refractivity contribution is 7.07. The maximum Gasteiger partial charge on any atom is 0.314 e. The van der Waals surface area contributed by atoms with Crippen molar-refractivity contribution >= 4 is 17.4 Å². The zero-order valence-electron chi connectivity index (χ0n) is 14.0. The Morgan fingerprint density at radius 3 is 2.58 bits per heavy atom. The maximum atomic E-state index is 11.7. The minimum absolute atomic E-state index is 0.158. The largest absolute Gasteiger partial charge is 0.491 e. The molecule has 0 spiro atoms. The van der Waals surface area contributed by atoms with Gasteiger partial charge in [0, 0.05) is 13.1 Å². The summed E-state index contributed by atoms with van der Waals surface area (Å²) in [6, 6.07) is 9.44. The number of rotatable bonds is 8. The minimum Gasteiger partial charge on any atom is -0.491 e. The first-order valence-corrected chi connectivity index (χ1v) is 8.96. The lowest BCUT2D eigenvalue weighted by Crippen LogP contribution is -2.38. The number of benzene rings is 1. The lowest BCUT2D eigenvalue weighted by Gasteiger charge is -2.12. The van der Waals surface area contributed by atoms with Gasteiger partial charge in [-0.25, -0.2) is 4.79 Å². The Bertz CT molecular complexity index is 612. The van der Waals surface area contributed by atoms with Crippen LogP contribution in [0.2, 0.25) is 0 Å². The van der Waals surface area contributed by atoms with Crippen LogP contribution in [0.15, 0.2) is 41.1 Å². The fourth-order valence-electron chi connectivity index (χ4n) is 2.16. The van der Waals surface area contributed by atoms with Gasteiger partial charge in [0.15, 0.2) is 0 Å². The van der Waals surface area contributed by atoms with Gasteiger partial charge in [-0.1, -0.05) is 12.1 Å². The van der Waals surface area contributed by atoms with Crippen LogP contribution in [0.25, 0.3) is 0 Å². The fourth-order valence-corrected chi connectivity index (χ4v) is 2.87. The van der Waals surface area contributed by atoms with Gasteiger partial charge in [0.1, 0.15) is 5.75 Å². The molecule has 24 heavy (non-hydrogen) atoms. The zero-order valence-corrected chi connectivity index (χ0v) is 14.8. The van der Waals surface area contributed by atoms with Gasteiger partial charge in [0.05, 0.1) is 12.2 Å². The average Bonchev–Trinajstić information content (AvgIpc) is 3.08. The summed E-state index contributed by atoms with van der Waals surface area (Å²) in [6.45, 7) is 4.71. The van der Waals surface area contributed by atoms with Crippen LogP contribution in [-0.2, 0) is 6.42 Å². The number of urea groups is 1. The van der Waals surface area contributed by atoms with Gasteiger partial charge in [0.25, 0.3) is 0 Å². The molecular formula is C18H24N2O3S. The van der Waals surface area contributed by atoms with Crippen molar-refractivity contribution in [2.75, 3.05) is 13.1 Å². The predicted octanol–water partition coefficient (Wildman–Crippen LogP) is 3.11. The zero-order chi connectivity index (χ0) is 17.4. The van der Waals surface area contributed by atoms with Crippen LogP contribution in [0.1, 0.15) is 31.1 Å². The van der Waals surface area contributed by atoms with Gasteiger partial charge >= 0.3 is 6.03 Å². The van der Waals surface area contributed by atoms with Crippen molar-refractivity contribution in [1.82, 2.24) is 10.6 Å². The van der Waals surface area contributed by atoms with Crippen LogP contribution >= 0.6 is 11.3 Å². The van der Waals surface area contributed by atoms with Gasteiger partial charge in [-0.15, -0.1) is 0 Å². The molecule has 0 bridgehead atoms. The molecule has 5 nitrogen and oxygen atoms in total. The normalized spacial score (nSPS) is 12.0. The Labute approximate surface area is 146 Å². The summed E-state index contributed by atoms with van der Waals surface area (Å²) in [7, 11) is 0. The number of thiophene rings is 1. The molecule has 1 aromatic carbocycles. The van der Waals surface area contributed by atoms with E-state index in [1.165, 1.54) is 11.3 Å². The lowest BCUT2D eigenvalue weighted by molar-refractivity contribution is 0.173. The first-order chi connectivity index (χ1) is 11.5. The van der Waals surface area contributed by atoms with Gasteiger partial charge < -0.3 is 20.5 Å². The topological polar surface area (TPSA) is 70.6 Å². The second-order valence-electron chi connectivity index (χ2n) is 5.77. The number of amides is 2. The first-order valence-electron chi connectivity index (χ1n) is 8.02. The third-order valence-corrected chi connectivity index (χ3v) is 4.08. The van der Waals surface area contributed by atoms with E-state index in [0.717, 1.165) is 23.3 Å². The van der Waals surface area contributed by atoms with Crippen molar-refractivity contribution < 1.29 is 14.6 Å². The summed E-state index contributed by atoms with van der Waals surface area (Å²) in [5.41, 5.74) is 1.95. The molecule has 0 saturated heterocycles. The Balaban J connectivity index is 1.65. The highest BCUT2D eigenvalue weighted by Crippen LogP contribution is 2.15. The number of aliphatic hydroxyl groups is 1. The predicted molar refractivity (Wildman–Crippen MR) is 96.6 cm³/mol. The van der Waals surface area contributed by atoms with Crippen molar-refractivity contribution in [3.8, 4) is 5.75 Å². The van der Waals surface area contributed by atoms with E-state index in [1.54, 1.807) is 0 Å². The van der Waals surface area contributed by atoms with Crippen LogP contribution in [0.4, 0.5) is 4.79 Å². The molecule has 3 N–H and O–H groups in total. The van der Waals surface area contributed by atoms with E-state index in [-0.39, 0.29) is 18.7 Å². The van der Waals surface area contributed by atoms with E-state index in [4.69, 9.17) is 4.74 Å². The van der Waals surface area contributed by atoms with Crippen molar-refractivity contribution in [2.45, 2.75) is 32.5 Å². The van der Waals surface area contributed by atoms with Crippen molar-refractivity contribution in [3.05, 3.63) is 52.2 Å². The monoisotopic (exact) mass is 348 g/mol. The standard InChI is InChI=1S/C18H24N2O3S/c1-13(2)23-16-5-3-14(4-6-16)7-9-19-18(22)20-11-17(21)15-8-10-24-12-15/h3-6,8,10,12-13,17,21H,7,9,11H2,1-2H3,(H2,19,20,22). The molecule has 0 aliphatic carbocycles. The van der Waals surface area contributed by atoms with Crippen LogP contribution in [0, 0.1) is 0 Å². The quantitative estimate of drug-likeness (QED) is 0.686. The Morgan fingerprint density at radius 2 is 1.96 bits per heavy atom. The second kappa shape index (κ2) is 9.30. The summed E-state index contributed by atoms with van der Waals surface area (Å²) in [5, 5.41) is 19.1. The minimum atomic E-state index is -0.671. The number of aliphatic hydroxyl groups excluding tert-OH is 1. The van der Waals surface area contributed by atoms with Crippen molar-refractivity contribution in [3.63, 3.8) is 0 Å². The average molecular weight is 348 g/mol. The number of hydrogen-bond acceptors (Lipinski definition) is 4. The molecule has 1 heterocycles. The molecule has 0 saturated carbocycles. The molecule has 6 heteroatoms. The molecule has 2 rings (SSSR count). The Hall–Kier alpha value is -2.05. The van der Waals surface area contributed by atoms with E-state index < -0.39 is 6.10 Å². The molecule has 1 atom stereocenters. The van der Waals surface area contributed by atoms with Crippen LogP contribution in [0.5, 0.6) is 5.75 Å². The Morgan fingerprint density at radius 1 is 1.21 bits per heavy atom. The smallest absolute Gasteiger partial charge is 0.314 e. The molecule has 2 amide bonds. The molecule has 0 aliphatic rings. The summed E-state index contributed by atoms with van der Waals surface area (Å²) >= 11 is 1.52. The molecule has 0 aliphatic heterocycles. The molecule has 130 valence electrons. The number of hydrogen-bond donors (Lipinski definition) is 3. The SMILES string of the molecule is CC(C)Oc1ccc(CCNC(=O)NCC(O)c2ccsc2)cc1. The molecule has 0 radical (unpaired) electrons. The van der Waals surface area contributed by atoms with Gasteiger partial charge in [-0.3, -0.25) is 0 Å². The van der Waals surface area contributed by atoms with E-state index in [2.05, 4.69) is 10.6 Å². The van der Waals surface area contributed by atoms with Crippen LogP contribution < -0.4 is 15.4 Å². The van der Waals surface area contributed by atoms with Gasteiger partial charge in [0.2, 0.25) is 0 Å². The third-order valence-electron chi connectivity index (χ3n) is 3.38. The fraction of sp³-hybridized carbons (Fsp3) is 0.389. The molecular weight excluding hydrogens is 324 g/mol. The highest BCUT2D eigenvalue weighted by atomic mass is 32.1. The van der Waals surface area contributed by atoms with Gasteiger partial charge in [-0.2, -0.15) is 11.3 Å². The molecule has 2 aromatic rings. The summed E-state index contributed by atoms with van der Waals surface area (Å²) in [4.78, 5) is 11.7. The molecule has 1 unspecified atom stereocenters. The Kier molecular flexibility index (Phi) is 7.08. The summed E-state index contributed by atoms with van der Waals surface area (Å²) in [6.07, 6.45) is 0.226. The lowest BCUT2D eigenvalue weighted by atomic mass is 10.1. The van der Waals surface area contributed by atoms with E-state index in [0.29, 0.717) is 6.54 Å². The highest BCUT2D eigenvalue weighted by Gasteiger charge is 2.09. The first kappa shape index (κ1) is 18.3. The summed E-state index contributed by atoms with van der Waals surface area (Å²) in [5.74, 6) is 0.849. The molecule has 0 fully saturated rings. The number of carbonyl (C=O) groups excluding carboxylic acids is 1.